The Labute approximate surface area is 152 Å². The van der Waals surface area contributed by atoms with Crippen LogP contribution in [0, 0.1) is 11.6 Å². The van der Waals surface area contributed by atoms with E-state index in [1.165, 1.54) is 17.0 Å². The highest BCUT2D eigenvalue weighted by Gasteiger charge is 2.06. The van der Waals surface area contributed by atoms with Gasteiger partial charge in [0.1, 0.15) is 18.2 Å². The summed E-state index contributed by atoms with van der Waals surface area (Å²) in [6, 6.07) is 3.52. The molecule has 0 bridgehead atoms. The second kappa shape index (κ2) is 11.1. The minimum atomic E-state index is -0.591. The fourth-order valence-electron chi connectivity index (χ4n) is 1.67. The van der Waals surface area contributed by atoms with Crippen LogP contribution in [0.4, 0.5) is 8.78 Å². The molecule has 0 unspecified atom stereocenters. The third kappa shape index (κ3) is 8.10. The summed E-state index contributed by atoms with van der Waals surface area (Å²) in [5.41, 5.74) is 0.425. The minimum Gasteiger partial charge on any atom is -0.357 e. The standard InChI is InChI=1S/C15H22F2N4O.HI/c1-4-18-15(20-10-14(22)21(2)3)19-8-7-11-5-6-12(16)9-13(11)17;/h5-6,9H,4,7-8,10H2,1-3H3,(H2,18,19,20);1H. The number of hydrogen-bond donors (Lipinski definition) is 2. The predicted octanol–water partition coefficient (Wildman–Crippen LogP) is 1.77. The summed E-state index contributed by atoms with van der Waals surface area (Å²) in [6.07, 6.45) is 0.387. The van der Waals surface area contributed by atoms with Crippen molar-refractivity contribution in [1.29, 1.82) is 0 Å². The molecule has 2 N–H and O–H groups in total. The number of benzene rings is 1. The molecule has 5 nitrogen and oxygen atoms in total. The summed E-state index contributed by atoms with van der Waals surface area (Å²) in [7, 11) is 3.32. The number of likely N-dealkylation sites (N-methyl/N-ethyl adjacent to an activating group) is 1. The molecular formula is C15H23F2IN4O. The van der Waals surface area contributed by atoms with E-state index in [1.807, 2.05) is 6.92 Å². The van der Waals surface area contributed by atoms with Crippen molar-refractivity contribution in [3.8, 4) is 0 Å². The van der Waals surface area contributed by atoms with Crippen LogP contribution in [-0.2, 0) is 11.2 Å². The largest absolute Gasteiger partial charge is 0.357 e. The Hall–Kier alpha value is -1.45. The number of guanidine groups is 1. The van der Waals surface area contributed by atoms with Crippen LogP contribution in [-0.4, -0.2) is 50.5 Å². The first-order valence-electron chi connectivity index (χ1n) is 7.10. The van der Waals surface area contributed by atoms with Crippen molar-refractivity contribution in [2.24, 2.45) is 4.99 Å². The zero-order chi connectivity index (χ0) is 16.5. The monoisotopic (exact) mass is 440 g/mol. The number of nitrogens with one attached hydrogen (secondary N) is 2. The van der Waals surface area contributed by atoms with E-state index in [0.717, 1.165) is 6.07 Å². The van der Waals surface area contributed by atoms with Gasteiger partial charge in [-0.25, -0.2) is 13.8 Å². The molecule has 0 heterocycles. The van der Waals surface area contributed by atoms with Gasteiger partial charge < -0.3 is 15.5 Å². The van der Waals surface area contributed by atoms with Gasteiger partial charge in [-0.3, -0.25) is 4.79 Å². The number of amides is 1. The highest BCUT2D eigenvalue weighted by Crippen LogP contribution is 2.09. The van der Waals surface area contributed by atoms with Crippen molar-refractivity contribution < 1.29 is 13.6 Å². The maximum absolute atomic E-state index is 13.5. The molecule has 8 heteroatoms. The van der Waals surface area contributed by atoms with E-state index in [1.54, 1.807) is 14.1 Å². The average Bonchev–Trinajstić information content (AvgIpc) is 2.46. The Morgan fingerprint density at radius 3 is 2.52 bits per heavy atom. The molecule has 130 valence electrons. The topological polar surface area (TPSA) is 56.7 Å². The Morgan fingerprint density at radius 2 is 1.96 bits per heavy atom. The molecule has 1 aromatic rings. The molecule has 0 aliphatic rings. The van der Waals surface area contributed by atoms with Crippen molar-refractivity contribution in [2.75, 3.05) is 33.7 Å². The van der Waals surface area contributed by atoms with E-state index >= 15 is 0 Å². The normalized spacial score (nSPS) is 10.7. The second-order valence-corrected chi connectivity index (χ2v) is 4.90. The molecule has 0 saturated heterocycles. The molecule has 0 fully saturated rings. The number of carbonyl (C=O) groups is 1. The molecule has 1 amide bonds. The third-order valence-electron chi connectivity index (χ3n) is 2.92. The molecule has 0 spiro atoms. The maximum Gasteiger partial charge on any atom is 0.243 e. The molecule has 1 rings (SSSR count). The van der Waals surface area contributed by atoms with Gasteiger partial charge in [-0.05, 0) is 25.0 Å². The lowest BCUT2D eigenvalue weighted by Gasteiger charge is -2.13. The van der Waals surface area contributed by atoms with E-state index in [9.17, 15) is 13.6 Å². The van der Waals surface area contributed by atoms with Crippen LogP contribution in [0.1, 0.15) is 12.5 Å². The Morgan fingerprint density at radius 1 is 1.26 bits per heavy atom. The van der Waals surface area contributed by atoms with Crippen molar-refractivity contribution in [2.45, 2.75) is 13.3 Å². The van der Waals surface area contributed by atoms with Gasteiger partial charge in [0.15, 0.2) is 5.96 Å². The lowest BCUT2D eigenvalue weighted by atomic mass is 10.1. The van der Waals surface area contributed by atoms with Crippen molar-refractivity contribution in [3.05, 3.63) is 35.4 Å². The molecule has 0 atom stereocenters. The molecule has 23 heavy (non-hydrogen) atoms. The highest BCUT2D eigenvalue weighted by molar-refractivity contribution is 14.0. The number of aliphatic imine (C=N–C) groups is 1. The van der Waals surface area contributed by atoms with Gasteiger partial charge in [0.05, 0.1) is 0 Å². The van der Waals surface area contributed by atoms with Crippen molar-refractivity contribution in [1.82, 2.24) is 15.5 Å². The number of carbonyl (C=O) groups excluding carboxylic acids is 1. The lowest BCUT2D eigenvalue weighted by Crippen LogP contribution is -2.39. The first kappa shape index (κ1) is 21.6. The minimum absolute atomic E-state index is 0. The van der Waals surface area contributed by atoms with Crippen LogP contribution in [0.3, 0.4) is 0 Å². The van der Waals surface area contributed by atoms with E-state index < -0.39 is 11.6 Å². The number of hydrogen-bond acceptors (Lipinski definition) is 2. The van der Waals surface area contributed by atoms with Crippen molar-refractivity contribution in [3.63, 3.8) is 0 Å². The van der Waals surface area contributed by atoms with Crippen LogP contribution < -0.4 is 10.6 Å². The van der Waals surface area contributed by atoms with Gasteiger partial charge in [-0.15, -0.1) is 24.0 Å². The van der Waals surface area contributed by atoms with Crippen LogP contribution in [0.15, 0.2) is 23.2 Å². The van der Waals surface area contributed by atoms with Crippen LogP contribution in [0.2, 0.25) is 0 Å². The summed E-state index contributed by atoms with van der Waals surface area (Å²) in [5.74, 6) is -0.778. The lowest BCUT2D eigenvalue weighted by molar-refractivity contribution is -0.127. The van der Waals surface area contributed by atoms with Gasteiger partial charge in [0, 0.05) is 33.3 Å². The Bertz CT molecular complexity index is 538. The quantitative estimate of drug-likeness (QED) is 0.403. The Kier molecular flexibility index (Phi) is 10.4. The number of nitrogens with zero attached hydrogens (tertiary/aromatic N) is 2. The SMILES string of the molecule is CCNC(=NCC(=O)N(C)C)NCCc1ccc(F)cc1F.I. The van der Waals surface area contributed by atoms with Gasteiger partial charge in [0.2, 0.25) is 5.91 Å². The first-order valence-corrected chi connectivity index (χ1v) is 7.10. The van der Waals surface area contributed by atoms with Crippen LogP contribution in [0.25, 0.3) is 0 Å². The average molecular weight is 440 g/mol. The van der Waals surface area contributed by atoms with Crippen LogP contribution >= 0.6 is 24.0 Å². The summed E-state index contributed by atoms with van der Waals surface area (Å²) in [5, 5.41) is 6.01. The first-order chi connectivity index (χ1) is 10.4. The molecule has 0 aromatic heterocycles. The fourth-order valence-corrected chi connectivity index (χ4v) is 1.67. The third-order valence-corrected chi connectivity index (χ3v) is 2.92. The van der Waals surface area contributed by atoms with E-state index in [4.69, 9.17) is 0 Å². The molecule has 0 radical (unpaired) electrons. The summed E-state index contributed by atoms with van der Waals surface area (Å²) in [4.78, 5) is 17.1. The molecule has 0 saturated carbocycles. The predicted molar refractivity (Wildman–Crippen MR) is 98.2 cm³/mol. The zero-order valence-corrected chi connectivity index (χ0v) is 15.9. The van der Waals surface area contributed by atoms with E-state index in [0.29, 0.717) is 31.0 Å². The highest BCUT2D eigenvalue weighted by atomic mass is 127. The maximum atomic E-state index is 13.5. The molecule has 0 aliphatic heterocycles. The smallest absolute Gasteiger partial charge is 0.243 e. The molecular weight excluding hydrogens is 417 g/mol. The van der Waals surface area contributed by atoms with Gasteiger partial charge in [-0.1, -0.05) is 6.07 Å². The van der Waals surface area contributed by atoms with Gasteiger partial charge in [0.25, 0.3) is 0 Å². The summed E-state index contributed by atoms with van der Waals surface area (Å²) < 4.78 is 26.3. The fraction of sp³-hybridized carbons (Fsp3) is 0.467. The van der Waals surface area contributed by atoms with E-state index in [-0.39, 0.29) is 36.4 Å². The Balaban J connectivity index is 0.00000484. The summed E-state index contributed by atoms with van der Waals surface area (Å²) in [6.45, 7) is 3.01. The number of rotatable bonds is 6. The van der Waals surface area contributed by atoms with Gasteiger partial charge in [-0.2, -0.15) is 0 Å². The van der Waals surface area contributed by atoms with E-state index in [2.05, 4.69) is 15.6 Å². The number of halogens is 3. The molecule has 0 aliphatic carbocycles. The second-order valence-electron chi connectivity index (χ2n) is 4.90. The van der Waals surface area contributed by atoms with Crippen molar-refractivity contribution >= 4 is 35.8 Å². The summed E-state index contributed by atoms with van der Waals surface area (Å²) >= 11 is 0. The van der Waals surface area contributed by atoms with Gasteiger partial charge >= 0.3 is 0 Å². The van der Waals surface area contributed by atoms with Crippen LogP contribution in [0.5, 0.6) is 0 Å². The zero-order valence-electron chi connectivity index (χ0n) is 13.5. The molecule has 1 aromatic carbocycles.